The van der Waals surface area contributed by atoms with Crippen LogP contribution in [0.15, 0.2) is 18.3 Å². The van der Waals surface area contributed by atoms with E-state index in [1.54, 1.807) is 6.92 Å². The number of halogens is 5. The summed E-state index contributed by atoms with van der Waals surface area (Å²) in [5.41, 5.74) is 0.0528. The van der Waals surface area contributed by atoms with Crippen LogP contribution in [0, 0.1) is 12.7 Å². The molecular weight excluding hydrogens is 408 g/mol. The number of aryl methyl sites for hydroxylation is 1. The number of amides is 3. The molecule has 2 heterocycles. The first-order valence-corrected chi connectivity index (χ1v) is 8.25. The summed E-state index contributed by atoms with van der Waals surface area (Å²) in [6, 6.07) is 1.19. The average molecular weight is 421 g/mol. The van der Waals surface area contributed by atoms with E-state index in [0.717, 1.165) is 6.07 Å². The second kappa shape index (κ2) is 8.53. The molecule has 0 fully saturated rings. The van der Waals surface area contributed by atoms with Crippen LogP contribution < -0.4 is 10.6 Å². The maximum atomic E-state index is 13.5. The minimum atomic E-state index is -2.70. The number of nitrogens with one attached hydrogen (secondary N) is 2. The quantitative estimate of drug-likeness (QED) is 0.709. The van der Waals surface area contributed by atoms with Crippen LogP contribution in [0.5, 0.6) is 0 Å². The number of anilines is 1. The van der Waals surface area contributed by atoms with Crippen LogP contribution in [0.2, 0.25) is 10.3 Å². The molecule has 11 heteroatoms. The van der Waals surface area contributed by atoms with Crippen LogP contribution in [0.3, 0.4) is 0 Å². The standard InChI is InChI=1S/C16H13Cl2F3N4O2/c1-6-3-4-22-11(7(2)14(20)21)10(6)23-16(27)25-15(26)8-5-9(19)13(18)24-12(8)17/h3-5,7,14H,1-2H3,(H2,23,25,26,27). The number of alkyl halides is 2. The summed E-state index contributed by atoms with van der Waals surface area (Å²) in [6.07, 6.45) is -1.37. The van der Waals surface area contributed by atoms with Gasteiger partial charge in [0.1, 0.15) is 5.15 Å². The highest BCUT2D eigenvalue weighted by Crippen LogP contribution is 2.29. The van der Waals surface area contributed by atoms with Gasteiger partial charge in [-0.1, -0.05) is 30.1 Å². The topological polar surface area (TPSA) is 84.0 Å². The molecule has 2 aromatic heterocycles. The molecule has 2 aromatic rings. The van der Waals surface area contributed by atoms with Crippen molar-refractivity contribution < 1.29 is 22.8 Å². The van der Waals surface area contributed by atoms with E-state index in [2.05, 4.69) is 15.3 Å². The number of urea groups is 1. The van der Waals surface area contributed by atoms with Crippen LogP contribution in [-0.4, -0.2) is 28.3 Å². The predicted octanol–water partition coefficient (Wildman–Crippen LogP) is 4.56. The summed E-state index contributed by atoms with van der Waals surface area (Å²) < 4.78 is 39.5. The SMILES string of the molecule is Cc1ccnc(C(C)C(F)F)c1NC(=O)NC(=O)c1cc(F)c(Cl)nc1Cl. The molecule has 0 bridgehead atoms. The Kier molecular flexibility index (Phi) is 6.61. The predicted molar refractivity (Wildman–Crippen MR) is 94.1 cm³/mol. The Morgan fingerprint density at radius 3 is 2.52 bits per heavy atom. The number of hydrogen-bond acceptors (Lipinski definition) is 4. The Hall–Kier alpha value is -2.39. The molecule has 6 nitrogen and oxygen atoms in total. The van der Waals surface area contributed by atoms with E-state index >= 15 is 0 Å². The molecule has 0 spiro atoms. The third-order valence-corrected chi connectivity index (χ3v) is 4.15. The van der Waals surface area contributed by atoms with Crippen molar-refractivity contribution in [3.63, 3.8) is 0 Å². The molecule has 0 radical (unpaired) electrons. The molecule has 0 aromatic carbocycles. The highest BCUT2D eigenvalue weighted by molar-refractivity contribution is 6.35. The van der Waals surface area contributed by atoms with E-state index in [9.17, 15) is 22.8 Å². The summed E-state index contributed by atoms with van der Waals surface area (Å²) in [6.45, 7) is 2.83. The Morgan fingerprint density at radius 2 is 1.89 bits per heavy atom. The largest absolute Gasteiger partial charge is 0.326 e. The molecule has 1 unspecified atom stereocenters. The fourth-order valence-corrected chi connectivity index (χ4v) is 2.53. The zero-order valence-electron chi connectivity index (χ0n) is 14.0. The number of nitrogens with zero attached hydrogens (tertiary/aromatic N) is 2. The summed E-state index contributed by atoms with van der Waals surface area (Å²) in [4.78, 5) is 31.5. The van der Waals surface area contributed by atoms with E-state index in [0.29, 0.717) is 5.56 Å². The number of carbonyl (C=O) groups is 2. The lowest BCUT2D eigenvalue weighted by Crippen LogP contribution is -2.35. The number of hydrogen-bond donors (Lipinski definition) is 2. The van der Waals surface area contributed by atoms with E-state index < -0.39 is 46.0 Å². The highest BCUT2D eigenvalue weighted by atomic mass is 35.5. The van der Waals surface area contributed by atoms with Crippen molar-refractivity contribution in [1.82, 2.24) is 15.3 Å². The van der Waals surface area contributed by atoms with Crippen LogP contribution in [0.4, 0.5) is 23.7 Å². The van der Waals surface area contributed by atoms with Crippen molar-refractivity contribution in [2.45, 2.75) is 26.2 Å². The fourth-order valence-electron chi connectivity index (χ4n) is 2.13. The second-order valence-electron chi connectivity index (χ2n) is 5.52. The van der Waals surface area contributed by atoms with Gasteiger partial charge in [-0.2, -0.15) is 0 Å². The van der Waals surface area contributed by atoms with E-state index in [1.807, 2.05) is 5.32 Å². The Bertz CT molecular complexity index is 896. The number of carbonyl (C=O) groups excluding carboxylic acids is 2. The van der Waals surface area contributed by atoms with Crippen LogP contribution in [0.25, 0.3) is 0 Å². The maximum absolute atomic E-state index is 13.5. The Morgan fingerprint density at radius 1 is 1.22 bits per heavy atom. The lowest BCUT2D eigenvalue weighted by molar-refractivity contribution is 0.0966. The van der Waals surface area contributed by atoms with Crippen LogP contribution >= 0.6 is 23.2 Å². The third-order valence-electron chi connectivity index (χ3n) is 3.59. The summed E-state index contributed by atoms with van der Waals surface area (Å²) in [5, 5.41) is 3.29. The molecular formula is C16H13Cl2F3N4O2. The summed E-state index contributed by atoms with van der Waals surface area (Å²) in [5.74, 6) is -3.30. The molecule has 1 atom stereocenters. The van der Waals surface area contributed by atoms with E-state index in [-0.39, 0.29) is 11.4 Å². The molecule has 27 heavy (non-hydrogen) atoms. The van der Waals surface area contributed by atoms with Gasteiger partial charge in [-0.15, -0.1) is 0 Å². The highest BCUT2D eigenvalue weighted by Gasteiger charge is 2.24. The summed E-state index contributed by atoms with van der Waals surface area (Å²) in [7, 11) is 0. The van der Waals surface area contributed by atoms with Gasteiger partial charge in [-0.25, -0.2) is 22.9 Å². The number of aromatic nitrogens is 2. The van der Waals surface area contributed by atoms with Crippen molar-refractivity contribution in [2.24, 2.45) is 0 Å². The van der Waals surface area contributed by atoms with Gasteiger partial charge in [0.05, 0.1) is 22.9 Å². The first-order valence-electron chi connectivity index (χ1n) is 7.49. The molecule has 0 aliphatic rings. The smallest absolute Gasteiger partial charge is 0.306 e. The molecule has 2 N–H and O–H groups in total. The fraction of sp³-hybridized carbons (Fsp3) is 0.250. The summed E-state index contributed by atoms with van der Waals surface area (Å²) >= 11 is 11.2. The molecule has 3 amide bonds. The van der Waals surface area contributed by atoms with E-state index in [4.69, 9.17) is 23.2 Å². The zero-order valence-corrected chi connectivity index (χ0v) is 15.5. The van der Waals surface area contributed by atoms with Crippen molar-refractivity contribution in [2.75, 3.05) is 5.32 Å². The Labute approximate surface area is 162 Å². The molecule has 0 saturated carbocycles. The van der Waals surface area contributed by atoms with Gasteiger partial charge in [0, 0.05) is 6.20 Å². The normalized spacial score (nSPS) is 12.0. The number of pyridine rings is 2. The van der Waals surface area contributed by atoms with Crippen molar-refractivity contribution in [3.8, 4) is 0 Å². The molecule has 2 rings (SSSR count). The molecule has 144 valence electrons. The van der Waals surface area contributed by atoms with Gasteiger partial charge in [-0.05, 0) is 24.6 Å². The minimum absolute atomic E-state index is 0.0372. The van der Waals surface area contributed by atoms with Gasteiger partial charge in [0.15, 0.2) is 11.0 Å². The van der Waals surface area contributed by atoms with Crippen LogP contribution in [0.1, 0.15) is 34.5 Å². The molecule has 0 aliphatic heterocycles. The van der Waals surface area contributed by atoms with Crippen molar-refractivity contribution in [3.05, 3.63) is 51.3 Å². The first kappa shape index (κ1) is 20.9. The van der Waals surface area contributed by atoms with Gasteiger partial charge >= 0.3 is 6.03 Å². The Balaban J connectivity index is 2.22. The van der Waals surface area contributed by atoms with Gasteiger partial charge in [0.25, 0.3) is 5.91 Å². The second-order valence-corrected chi connectivity index (χ2v) is 6.23. The van der Waals surface area contributed by atoms with Gasteiger partial charge in [-0.3, -0.25) is 15.1 Å². The van der Waals surface area contributed by atoms with Crippen molar-refractivity contribution >= 4 is 40.8 Å². The number of imide groups is 1. The average Bonchev–Trinajstić information content (AvgIpc) is 2.59. The number of rotatable bonds is 4. The van der Waals surface area contributed by atoms with Gasteiger partial charge in [0.2, 0.25) is 6.43 Å². The zero-order chi connectivity index (χ0) is 20.3. The first-order chi connectivity index (χ1) is 12.6. The lowest BCUT2D eigenvalue weighted by atomic mass is 10.0. The minimum Gasteiger partial charge on any atom is -0.306 e. The monoisotopic (exact) mass is 420 g/mol. The van der Waals surface area contributed by atoms with Gasteiger partial charge < -0.3 is 5.32 Å². The lowest BCUT2D eigenvalue weighted by Gasteiger charge is -2.17. The molecule has 0 saturated heterocycles. The maximum Gasteiger partial charge on any atom is 0.326 e. The molecule has 0 aliphatic carbocycles. The van der Waals surface area contributed by atoms with Crippen LogP contribution in [-0.2, 0) is 0 Å². The van der Waals surface area contributed by atoms with Crippen molar-refractivity contribution in [1.29, 1.82) is 0 Å². The third kappa shape index (κ3) is 4.86. The van der Waals surface area contributed by atoms with E-state index in [1.165, 1.54) is 19.2 Å².